The lowest BCUT2D eigenvalue weighted by atomic mass is 9.87. The molecule has 1 aliphatic rings. The highest BCUT2D eigenvalue weighted by atomic mass is 19.4. The molecule has 0 unspecified atom stereocenters. The molecule has 0 atom stereocenters. The second-order valence-corrected chi connectivity index (χ2v) is 5.65. The summed E-state index contributed by atoms with van der Waals surface area (Å²) in [4.78, 5) is 0. The van der Waals surface area contributed by atoms with Gasteiger partial charge >= 0.3 is 6.18 Å². The molecular weight excluding hydrogens is 270 g/mol. The first-order valence-electron chi connectivity index (χ1n) is 6.95. The topological polar surface area (TPSA) is 12.0 Å². The maximum absolute atomic E-state index is 13.2. The molecule has 1 nitrogen and oxygen atoms in total. The van der Waals surface area contributed by atoms with Crippen molar-refractivity contribution in [2.45, 2.75) is 51.4 Å². The number of rotatable bonds is 3. The van der Waals surface area contributed by atoms with Crippen LogP contribution in [0, 0.1) is 11.7 Å². The Hall–Kier alpha value is -1.10. The second-order valence-electron chi connectivity index (χ2n) is 5.65. The Balaban J connectivity index is 1.96. The number of halogens is 4. The number of benzene rings is 1. The molecule has 0 aromatic heterocycles. The fourth-order valence-electron chi connectivity index (χ4n) is 2.63. The summed E-state index contributed by atoms with van der Waals surface area (Å²) in [7, 11) is 0. The highest BCUT2D eigenvalue weighted by Gasteiger charge is 2.34. The maximum atomic E-state index is 13.2. The van der Waals surface area contributed by atoms with E-state index in [1.54, 1.807) is 0 Å². The summed E-state index contributed by atoms with van der Waals surface area (Å²) in [5, 5.41) is 3.27. The van der Waals surface area contributed by atoms with Crippen molar-refractivity contribution in [3.8, 4) is 0 Å². The van der Waals surface area contributed by atoms with E-state index in [0.29, 0.717) is 18.2 Å². The summed E-state index contributed by atoms with van der Waals surface area (Å²) in [5.41, 5.74) is -0.716. The van der Waals surface area contributed by atoms with Gasteiger partial charge in [-0.3, -0.25) is 0 Å². The van der Waals surface area contributed by atoms with Gasteiger partial charge in [0.05, 0.1) is 5.56 Å². The summed E-state index contributed by atoms with van der Waals surface area (Å²) in [6, 6.07) is 3.55. The first-order chi connectivity index (χ1) is 9.36. The molecule has 1 N–H and O–H groups in total. The minimum atomic E-state index is -4.64. The van der Waals surface area contributed by atoms with Crippen LogP contribution in [0.5, 0.6) is 0 Å². The van der Waals surface area contributed by atoms with E-state index in [1.807, 2.05) is 0 Å². The maximum Gasteiger partial charge on any atom is 0.419 e. The number of nitrogens with one attached hydrogen (secondary N) is 1. The first-order valence-corrected chi connectivity index (χ1v) is 6.95. The molecule has 20 heavy (non-hydrogen) atoms. The van der Waals surface area contributed by atoms with Crippen molar-refractivity contribution in [1.82, 2.24) is 5.32 Å². The van der Waals surface area contributed by atoms with Gasteiger partial charge in [0.1, 0.15) is 5.82 Å². The smallest absolute Gasteiger partial charge is 0.310 e. The first kappa shape index (κ1) is 15.3. The van der Waals surface area contributed by atoms with E-state index in [0.717, 1.165) is 43.7 Å². The van der Waals surface area contributed by atoms with E-state index in [2.05, 4.69) is 12.2 Å². The van der Waals surface area contributed by atoms with Crippen LogP contribution in [0.25, 0.3) is 0 Å². The zero-order chi connectivity index (χ0) is 14.8. The molecule has 1 aromatic rings. The summed E-state index contributed by atoms with van der Waals surface area (Å²) < 4.78 is 51.0. The van der Waals surface area contributed by atoms with Crippen LogP contribution in [0.3, 0.4) is 0 Å². The predicted octanol–water partition coefficient (Wildman–Crippen LogP) is 4.51. The lowest BCUT2D eigenvalue weighted by Crippen LogP contribution is -2.32. The molecule has 112 valence electrons. The van der Waals surface area contributed by atoms with E-state index in [1.165, 1.54) is 6.07 Å². The molecule has 0 amide bonds. The molecule has 1 aliphatic carbocycles. The molecule has 0 aliphatic heterocycles. The lowest BCUT2D eigenvalue weighted by molar-refractivity contribution is -0.140. The third-order valence-electron chi connectivity index (χ3n) is 3.95. The summed E-state index contributed by atoms with van der Waals surface area (Å²) >= 11 is 0. The quantitative estimate of drug-likeness (QED) is 0.807. The summed E-state index contributed by atoms with van der Waals surface area (Å²) in [5.74, 6) is -0.483. The molecule has 0 heterocycles. The Labute approximate surface area is 116 Å². The van der Waals surface area contributed by atoms with Crippen molar-refractivity contribution < 1.29 is 17.6 Å². The third kappa shape index (κ3) is 3.95. The molecule has 1 fully saturated rings. The predicted molar refractivity (Wildman–Crippen MR) is 69.7 cm³/mol. The van der Waals surface area contributed by atoms with Crippen molar-refractivity contribution in [2.75, 3.05) is 0 Å². The van der Waals surface area contributed by atoms with Crippen molar-refractivity contribution in [2.24, 2.45) is 5.92 Å². The molecule has 5 heteroatoms. The van der Waals surface area contributed by atoms with E-state index >= 15 is 0 Å². The molecule has 1 aromatic carbocycles. The summed E-state index contributed by atoms with van der Waals surface area (Å²) in [6.07, 6.45) is -0.243. The third-order valence-corrected chi connectivity index (χ3v) is 3.95. The van der Waals surface area contributed by atoms with Gasteiger partial charge in [-0.1, -0.05) is 13.0 Å². The van der Waals surface area contributed by atoms with Gasteiger partial charge in [-0.25, -0.2) is 4.39 Å². The standard InChI is InChI=1S/C15H19F4N/c1-10-2-5-12(6-3-10)20-9-11-4-7-14(16)13(8-11)15(17,18)19/h4,7-8,10,12,20H,2-3,5-6,9H2,1H3. The summed E-state index contributed by atoms with van der Waals surface area (Å²) in [6.45, 7) is 2.56. The van der Waals surface area contributed by atoms with Gasteiger partial charge in [-0.15, -0.1) is 0 Å². The molecular formula is C15H19F4N. The number of alkyl halides is 3. The van der Waals surface area contributed by atoms with Crippen LogP contribution in [-0.2, 0) is 12.7 Å². The van der Waals surface area contributed by atoms with Crippen molar-refractivity contribution in [3.05, 3.63) is 35.1 Å². The Morgan fingerprint density at radius 2 is 1.80 bits per heavy atom. The normalized spacial score (nSPS) is 23.9. The fourth-order valence-corrected chi connectivity index (χ4v) is 2.63. The van der Waals surface area contributed by atoms with Crippen molar-refractivity contribution >= 4 is 0 Å². The largest absolute Gasteiger partial charge is 0.419 e. The van der Waals surface area contributed by atoms with E-state index in [-0.39, 0.29) is 0 Å². The second kappa shape index (κ2) is 6.12. The molecule has 1 saturated carbocycles. The number of hydrogen-bond acceptors (Lipinski definition) is 1. The Kier molecular flexibility index (Phi) is 4.68. The van der Waals surface area contributed by atoms with Crippen molar-refractivity contribution in [1.29, 1.82) is 0 Å². The highest BCUT2D eigenvalue weighted by molar-refractivity contribution is 5.27. The van der Waals surface area contributed by atoms with Crippen LogP contribution < -0.4 is 5.32 Å². The minimum Gasteiger partial charge on any atom is -0.310 e. The zero-order valence-corrected chi connectivity index (χ0v) is 11.4. The minimum absolute atomic E-state index is 0.350. The highest BCUT2D eigenvalue weighted by Crippen LogP contribution is 2.32. The monoisotopic (exact) mass is 289 g/mol. The van der Waals surface area contributed by atoms with Crippen LogP contribution >= 0.6 is 0 Å². The van der Waals surface area contributed by atoms with E-state index < -0.39 is 17.6 Å². The lowest BCUT2D eigenvalue weighted by Gasteiger charge is -2.27. The average Bonchev–Trinajstić information content (AvgIpc) is 2.38. The van der Waals surface area contributed by atoms with Gasteiger partial charge in [-0.05, 0) is 49.3 Å². The van der Waals surface area contributed by atoms with E-state index in [4.69, 9.17) is 0 Å². The Bertz CT molecular complexity index is 448. The molecule has 0 spiro atoms. The average molecular weight is 289 g/mol. The van der Waals surface area contributed by atoms with E-state index in [9.17, 15) is 17.6 Å². The Morgan fingerprint density at radius 3 is 2.40 bits per heavy atom. The van der Waals surface area contributed by atoms with Crippen molar-refractivity contribution in [3.63, 3.8) is 0 Å². The van der Waals surface area contributed by atoms with Crippen LogP contribution in [0.15, 0.2) is 18.2 Å². The SMILES string of the molecule is CC1CCC(NCc2ccc(F)c(C(F)(F)F)c2)CC1. The molecule has 0 radical (unpaired) electrons. The number of hydrogen-bond donors (Lipinski definition) is 1. The fraction of sp³-hybridized carbons (Fsp3) is 0.600. The van der Waals surface area contributed by atoms with Gasteiger partial charge in [0, 0.05) is 12.6 Å². The van der Waals surface area contributed by atoms with Crippen LogP contribution in [0.1, 0.15) is 43.7 Å². The Morgan fingerprint density at radius 1 is 1.15 bits per heavy atom. The van der Waals surface area contributed by atoms with Gasteiger partial charge in [-0.2, -0.15) is 13.2 Å². The van der Waals surface area contributed by atoms with Gasteiger partial charge in [0.2, 0.25) is 0 Å². The van der Waals surface area contributed by atoms with Crippen LogP contribution in [0.4, 0.5) is 17.6 Å². The van der Waals surface area contributed by atoms with Crippen LogP contribution in [-0.4, -0.2) is 6.04 Å². The molecule has 0 saturated heterocycles. The zero-order valence-electron chi connectivity index (χ0n) is 11.4. The van der Waals surface area contributed by atoms with Gasteiger partial charge < -0.3 is 5.32 Å². The molecule has 0 bridgehead atoms. The molecule has 2 rings (SSSR count). The van der Waals surface area contributed by atoms with Gasteiger partial charge in [0.15, 0.2) is 0 Å². The van der Waals surface area contributed by atoms with Gasteiger partial charge in [0.25, 0.3) is 0 Å². The van der Waals surface area contributed by atoms with Crippen LogP contribution in [0.2, 0.25) is 0 Å².